The number of hydrogen-bond acceptors (Lipinski definition) is 6. The number of aromatic nitrogens is 1. The molecule has 1 rings (SSSR count). The average molecular weight is 341 g/mol. The van der Waals surface area contributed by atoms with Gasteiger partial charge in [0, 0.05) is 24.1 Å². The molecule has 3 unspecified atom stereocenters. The van der Waals surface area contributed by atoms with Crippen molar-refractivity contribution in [1.82, 2.24) is 10.3 Å². The third kappa shape index (κ3) is 6.55. The highest BCUT2D eigenvalue weighted by molar-refractivity contribution is 8.01. The van der Waals surface area contributed by atoms with E-state index in [2.05, 4.69) is 15.6 Å². The third-order valence-corrected chi connectivity index (χ3v) is 4.26. The molecule has 0 fully saturated rings. The second kappa shape index (κ2) is 8.28. The number of carbonyl (C=O) groups is 2. The summed E-state index contributed by atoms with van der Waals surface area (Å²) in [4.78, 5) is 27.5. The molecule has 0 aliphatic heterocycles. The Morgan fingerprint density at radius 3 is 2.17 bits per heavy atom. The van der Waals surface area contributed by atoms with Gasteiger partial charge in [0.05, 0.1) is 0 Å². The standard InChI is InChI=1S/C15H23N3O4S/c1-9(15(2,3)4)17-11(19)13(21)23-14(22)12(20)18-10-5-7-16-8-6-10/h5-9,13-14,21-22H,1-4H3,(H,17,19)(H,16,18,20). The molecule has 0 aliphatic rings. The Hall–Kier alpha value is -1.64. The van der Waals surface area contributed by atoms with E-state index in [9.17, 15) is 19.8 Å². The van der Waals surface area contributed by atoms with Crippen LogP contribution in [0.2, 0.25) is 0 Å². The van der Waals surface area contributed by atoms with Crippen molar-refractivity contribution in [2.45, 2.75) is 44.6 Å². The molecule has 1 aromatic heterocycles. The molecule has 3 atom stereocenters. The highest BCUT2D eigenvalue weighted by Gasteiger charge is 2.28. The highest BCUT2D eigenvalue weighted by Crippen LogP contribution is 2.20. The summed E-state index contributed by atoms with van der Waals surface area (Å²) in [6.07, 6.45) is 2.98. The fraction of sp³-hybridized carbons (Fsp3) is 0.533. The van der Waals surface area contributed by atoms with Crippen LogP contribution in [-0.4, -0.2) is 43.9 Å². The fourth-order valence-corrected chi connectivity index (χ4v) is 2.00. The maximum Gasteiger partial charge on any atom is 0.263 e. The molecule has 2 amide bonds. The fourth-order valence-electron chi connectivity index (χ4n) is 1.39. The van der Waals surface area contributed by atoms with E-state index in [1.54, 1.807) is 12.1 Å². The number of aliphatic hydroxyl groups excluding tert-OH is 2. The van der Waals surface area contributed by atoms with Gasteiger partial charge >= 0.3 is 0 Å². The predicted molar refractivity (Wildman–Crippen MR) is 89.5 cm³/mol. The van der Waals surface area contributed by atoms with Crippen molar-refractivity contribution < 1.29 is 19.8 Å². The van der Waals surface area contributed by atoms with Gasteiger partial charge in [0.25, 0.3) is 11.8 Å². The number of pyridine rings is 1. The summed E-state index contributed by atoms with van der Waals surface area (Å²) in [5, 5.41) is 24.7. The van der Waals surface area contributed by atoms with E-state index in [1.165, 1.54) is 12.4 Å². The van der Waals surface area contributed by atoms with Gasteiger partial charge in [-0.2, -0.15) is 0 Å². The van der Waals surface area contributed by atoms with Crippen molar-refractivity contribution in [2.75, 3.05) is 5.32 Å². The van der Waals surface area contributed by atoms with Crippen molar-refractivity contribution >= 4 is 29.3 Å². The number of aliphatic hydroxyl groups is 2. The first-order chi connectivity index (χ1) is 10.6. The van der Waals surface area contributed by atoms with Crippen LogP contribution in [0.25, 0.3) is 0 Å². The van der Waals surface area contributed by atoms with Crippen LogP contribution in [0.15, 0.2) is 24.5 Å². The molecule has 7 nitrogen and oxygen atoms in total. The lowest BCUT2D eigenvalue weighted by molar-refractivity contribution is -0.126. The van der Waals surface area contributed by atoms with Gasteiger partial charge in [0.15, 0.2) is 10.9 Å². The van der Waals surface area contributed by atoms with Gasteiger partial charge in [-0.05, 0) is 24.5 Å². The molecule has 0 spiro atoms. The van der Waals surface area contributed by atoms with E-state index >= 15 is 0 Å². The topological polar surface area (TPSA) is 112 Å². The summed E-state index contributed by atoms with van der Waals surface area (Å²) in [7, 11) is 0. The smallest absolute Gasteiger partial charge is 0.263 e. The second-order valence-electron chi connectivity index (χ2n) is 6.16. The summed E-state index contributed by atoms with van der Waals surface area (Å²) in [5.74, 6) is -1.37. The first-order valence-corrected chi connectivity index (χ1v) is 8.08. The molecule has 23 heavy (non-hydrogen) atoms. The van der Waals surface area contributed by atoms with Crippen LogP contribution in [0.3, 0.4) is 0 Å². The average Bonchev–Trinajstić information content (AvgIpc) is 2.46. The summed E-state index contributed by atoms with van der Waals surface area (Å²) >= 11 is 0.459. The predicted octanol–water partition coefficient (Wildman–Crippen LogP) is 0.941. The number of nitrogens with zero attached hydrogens (tertiary/aromatic N) is 1. The van der Waals surface area contributed by atoms with E-state index in [4.69, 9.17) is 0 Å². The number of nitrogens with one attached hydrogen (secondary N) is 2. The van der Waals surface area contributed by atoms with Gasteiger partial charge in [-0.25, -0.2) is 0 Å². The zero-order valence-electron chi connectivity index (χ0n) is 13.6. The minimum atomic E-state index is -1.58. The number of amides is 2. The molecule has 0 saturated carbocycles. The molecule has 1 aromatic rings. The third-order valence-electron chi connectivity index (χ3n) is 3.31. The van der Waals surface area contributed by atoms with Crippen molar-refractivity contribution in [2.24, 2.45) is 5.41 Å². The van der Waals surface area contributed by atoms with Gasteiger partial charge in [-0.3, -0.25) is 14.6 Å². The van der Waals surface area contributed by atoms with E-state index < -0.39 is 22.7 Å². The molecule has 8 heteroatoms. The molecule has 4 N–H and O–H groups in total. The van der Waals surface area contributed by atoms with E-state index in [0.29, 0.717) is 17.4 Å². The first-order valence-electron chi connectivity index (χ1n) is 7.14. The molecule has 0 aliphatic carbocycles. The summed E-state index contributed by atoms with van der Waals surface area (Å²) in [6, 6.07) is 2.94. The molecule has 0 saturated heterocycles. The first kappa shape index (κ1) is 19.4. The highest BCUT2D eigenvalue weighted by atomic mass is 32.2. The van der Waals surface area contributed by atoms with Crippen molar-refractivity contribution in [1.29, 1.82) is 0 Å². The Labute approximate surface area is 139 Å². The number of anilines is 1. The molecule has 0 bridgehead atoms. The van der Waals surface area contributed by atoms with E-state index in [0.717, 1.165) is 0 Å². The Bertz CT molecular complexity index is 533. The summed E-state index contributed by atoms with van der Waals surface area (Å²) in [6.45, 7) is 7.68. The summed E-state index contributed by atoms with van der Waals surface area (Å²) < 4.78 is 0. The minimum absolute atomic E-state index is 0.169. The van der Waals surface area contributed by atoms with Crippen LogP contribution in [-0.2, 0) is 9.59 Å². The zero-order chi connectivity index (χ0) is 17.6. The lowest BCUT2D eigenvalue weighted by Crippen LogP contribution is -2.45. The minimum Gasteiger partial charge on any atom is -0.373 e. The molecule has 0 aromatic carbocycles. The molecule has 0 radical (unpaired) electrons. The van der Waals surface area contributed by atoms with E-state index in [-0.39, 0.29) is 11.5 Å². The Kier molecular flexibility index (Phi) is 6.99. The monoisotopic (exact) mass is 341 g/mol. The van der Waals surface area contributed by atoms with E-state index in [1.807, 2.05) is 27.7 Å². The molecular formula is C15H23N3O4S. The van der Waals surface area contributed by atoms with Gasteiger partial charge in [0.1, 0.15) is 0 Å². The Balaban J connectivity index is 2.50. The lowest BCUT2D eigenvalue weighted by atomic mass is 9.88. The van der Waals surface area contributed by atoms with Crippen LogP contribution in [0.1, 0.15) is 27.7 Å². The van der Waals surface area contributed by atoms with Crippen LogP contribution >= 0.6 is 11.8 Å². The SMILES string of the molecule is CC(NC(=O)C(O)SC(O)C(=O)Nc1ccncc1)C(C)(C)C. The summed E-state index contributed by atoms with van der Waals surface area (Å²) in [5.41, 5.74) is -2.83. The van der Waals surface area contributed by atoms with Gasteiger partial charge in [0.2, 0.25) is 0 Å². The Morgan fingerprint density at radius 2 is 1.65 bits per heavy atom. The lowest BCUT2D eigenvalue weighted by Gasteiger charge is -2.29. The van der Waals surface area contributed by atoms with Crippen molar-refractivity contribution in [3.05, 3.63) is 24.5 Å². The van der Waals surface area contributed by atoms with Crippen molar-refractivity contribution in [3.63, 3.8) is 0 Å². The van der Waals surface area contributed by atoms with Crippen LogP contribution in [0.5, 0.6) is 0 Å². The molecule has 1 heterocycles. The number of thioether (sulfide) groups is 1. The van der Waals surface area contributed by atoms with Crippen molar-refractivity contribution in [3.8, 4) is 0 Å². The number of carbonyl (C=O) groups excluding carboxylic acids is 2. The van der Waals surface area contributed by atoms with Gasteiger partial charge < -0.3 is 20.8 Å². The van der Waals surface area contributed by atoms with Gasteiger partial charge in [-0.1, -0.05) is 32.5 Å². The molecule has 128 valence electrons. The van der Waals surface area contributed by atoms with Gasteiger partial charge in [-0.15, -0.1) is 0 Å². The zero-order valence-corrected chi connectivity index (χ0v) is 14.4. The maximum atomic E-state index is 11.9. The largest absolute Gasteiger partial charge is 0.373 e. The quantitative estimate of drug-likeness (QED) is 0.573. The number of hydrogen-bond donors (Lipinski definition) is 4. The molecular weight excluding hydrogens is 318 g/mol. The van der Waals surface area contributed by atoms with Crippen LogP contribution in [0.4, 0.5) is 5.69 Å². The number of rotatable bonds is 6. The normalized spacial score (nSPS) is 15.4. The second-order valence-corrected chi connectivity index (χ2v) is 7.33. The maximum absolute atomic E-state index is 11.9. The van der Waals surface area contributed by atoms with Crippen LogP contribution in [0, 0.1) is 5.41 Å². The van der Waals surface area contributed by atoms with Crippen LogP contribution < -0.4 is 10.6 Å². The Morgan fingerprint density at radius 1 is 1.13 bits per heavy atom.